The summed E-state index contributed by atoms with van der Waals surface area (Å²) in [4.78, 5) is 11.0. The molecule has 0 spiro atoms. The average molecular weight is 248 g/mol. The van der Waals surface area contributed by atoms with E-state index in [0.717, 1.165) is 6.29 Å². The summed E-state index contributed by atoms with van der Waals surface area (Å²) in [5, 5.41) is 8.22. The van der Waals surface area contributed by atoms with Crippen molar-refractivity contribution in [2.45, 2.75) is 0 Å². The van der Waals surface area contributed by atoms with E-state index >= 15 is 0 Å². The highest BCUT2D eigenvalue weighted by atomic mass is 35.5. The van der Waals surface area contributed by atoms with Crippen molar-refractivity contribution in [1.82, 2.24) is 14.6 Å². The number of furan rings is 1. The maximum absolute atomic E-state index is 11.0. The van der Waals surface area contributed by atoms with Crippen molar-refractivity contribution in [2.75, 3.05) is 0 Å². The van der Waals surface area contributed by atoms with Gasteiger partial charge in [-0.1, -0.05) is 6.07 Å². The summed E-state index contributed by atoms with van der Waals surface area (Å²) in [5.41, 5.74) is 1.03. The molecule has 0 bridgehead atoms. The molecule has 0 unspecified atom stereocenters. The van der Waals surface area contributed by atoms with E-state index in [1.165, 1.54) is 0 Å². The van der Waals surface area contributed by atoms with Crippen LogP contribution in [-0.2, 0) is 0 Å². The van der Waals surface area contributed by atoms with Crippen LogP contribution in [0.3, 0.4) is 0 Å². The standard InChI is InChI=1S/C11H6ClN3O2/c12-9-5-4-8(17-9)11-14-13-10-3-1-2-7(6-16)15(10)11/h1-6H. The largest absolute Gasteiger partial charge is 0.441 e. The SMILES string of the molecule is O=Cc1cccc2nnc(-c3ccc(Cl)o3)n12. The highest BCUT2D eigenvalue weighted by Crippen LogP contribution is 2.24. The first-order chi connectivity index (χ1) is 8.29. The number of carbonyl (C=O) groups excluding carboxylic acids is 1. The summed E-state index contributed by atoms with van der Waals surface area (Å²) in [7, 11) is 0. The Balaban J connectivity index is 2.33. The van der Waals surface area contributed by atoms with Gasteiger partial charge in [-0.25, -0.2) is 0 Å². The van der Waals surface area contributed by atoms with Gasteiger partial charge in [0.15, 0.2) is 22.9 Å². The number of fused-ring (bicyclic) bond motifs is 1. The van der Waals surface area contributed by atoms with Gasteiger partial charge in [-0.3, -0.25) is 9.20 Å². The fourth-order valence-corrected chi connectivity index (χ4v) is 1.80. The Morgan fingerprint density at radius 2 is 2.12 bits per heavy atom. The van der Waals surface area contributed by atoms with Crippen LogP contribution in [0.15, 0.2) is 34.7 Å². The lowest BCUT2D eigenvalue weighted by atomic mass is 10.3. The summed E-state index contributed by atoms with van der Waals surface area (Å²) in [5.74, 6) is 0.923. The summed E-state index contributed by atoms with van der Waals surface area (Å²) in [6.07, 6.45) is 0.740. The Hall–Kier alpha value is -2.14. The van der Waals surface area contributed by atoms with E-state index < -0.39 is 0 Å². The van der Waals surface area contributed by atoms with E-state index in [2.05, 4.69) is 10.2 Å². The summed E-state index contributed by atoms with van der Waals surface area (Å²) in [6, 6.07) is 8.47. The molecule has 0 aliphatic heterocycles. The summed E-state index contributed by atoms with van der Waals surface area (Å²) in [6.45, 7) is 0. The Bertz CT molecular complexity index is 702. The van der Waals surface area contributed by atoms with Crippen molar-refractivity contribution in [3.63, 3.8) is 0 Å². The number of aldehydes is 1. The van der Waals surface area contributed by atoms with Gasteiger partial charge >= 0.3 is 0 Å². The van der Waals surface area contributed by atoms with E-state index in [1.807, 2.05) is 0 Å². The Labute approximate surface area is 101 Å². The predicted molar refractivity (Wildman–Crippen MR) is 61.1 cm³/mol. The molecule has 0 N–H and O–H groups in total. The predicted octanol–water partition coefficient (Wildman–Crippen LogP) is 2.46. The van der Waals surface area contributed by atoms with Crippen LogP contribution in [0.1, 0.15) is 10.5 Å². The lowest BCUT2D eigenvalue weighted by Gasteiger charge is -1.99. The molecule has 0 aromatic carbocycles. The lowest BCUT2D eigenvalue weighted by Crippen LogP contribution is -1.96. The van der Waals surface area contributed by atoms with Gasteiger partial charge in [0.05, 0.1) is 5.69 Å². The van der Waals surface area contributed by atoms with Crippen LogP contribution < -0.4 is 0 Å². The van der Waals surface area contributed by atoms with E-state index in [4.69, 9.17) is 16.0 Å². The quantitative estimate of drug-likeness (QED) is 0.653. The van der Waals surface area contributed by atoms with Crippen LogP contribution in [0.2, 0.25) is 5.22 Å². The van der Waals surface area contributed by atoms with Gasteiger partial charge < -0.3 is 4.42 Å². The number of carbonyl (C=O) groups is 1. The van der Waals surface area contributed by atoms with E-state index in [-0.39, 0.29) is 5.22 Å². The molecule has 6 heteroatoms. The minimum Gasteiger partial charge on any atom is -0.441 e. The Morgan fingerprint density at radius 1 is 1.24 bits per heavy atom. The van der Waals surface area contributed by atoms with Gasteiger partial charge in [0.25, 0.3) is 0 Å². The van der Waals surface area contributed by atoms with Gasteiger partial charge in [-0.15, -0.1) is 10.2 Å². The number of hydrogen-bond acceptors (Lipinski definition) is 4. The van der Waals surface area contributed by atoms with Crippen LogP contribution >= 0.6 is 11.6 Å². The van der Waals surface area contributed by atoms with Crippen LogP contribution in [0.4, 0.5) is 0 Å². The molecule has 3 aromatic heterocycles. The molecule has 84 valence electrons. The molecule has 3 heterocycles. The number of rotatable bonds is 2. The van der Waals surface area contributed by atoms with Crippen molar-refractivity contribution in [3.05, 3.63) is 41.2 Å². The molecule has 0 aliphatic carbocycles. The third kappa shape index (κ3) is 1.52. The molecule has 0 saturated carbocycles. The number of nitrogens with zero attached hydrogens (tertiary/aromatic N) is 3. The lowest BCUT2D eigenvalue weighted by molar-refractivity contribution is 0.111. The zero-order valence-electron chi connectivity index (χ0n) is 8.50. The summed E-state index contributed by atoms with van der Waals surface area (Å²) < 4.78 is 6.87. The molecule has 17 heavy (non-hydrogen) atoms. The molecule has 3 aromatic rings. The van der Waals surface area contributed by atoms with E-state index in [9.17, 15) is 4.79 Å². The van der Waals surface area contributed by atoms with Crippen LogP contribution in [-0.4, -0.2) is 20.9 Å². The Morgan fingerprint density at radius 3 is 2.82 bits per heavy atom. The van der Waals surface area contributed by atoms with Crippen LogP contribution in [0.5, 0.6) is 0 Å². The van der Waals surface area contributed by atoms with Gasteiger partial charge in [-0.05, 0) is 35.9 Å². The van der Waals surface area contributed by atoms with Crippen LogP contribution in [0, 0.1) is 0 Å². The molecule has 0 radical (unpaired) electrons. The topological polar surface area (TPSA) is 60.4 Å². The zero-order valence-corrected chi connectivity index (χ0v) is 9.26. The van der Waals surface area contributed by atoms with Crippen molar-refractivity contribution >= 4 is 23.5 Å². The maximum atomic E-state index is 11.0. The second kappa shape index (κ2) is 3.71. The third-order valence-corrected chi connectivity index (χ3v) is 2.58. The minimum absolute atomic E-state index is 0.264. The molecular formula is C11H6ClN3O2. The van der Waals surface area contributed by atoms with Gasteiger partial charge in [0.2, 0.25) is 5.82 Å². The molecule has 3 rings (SSSR count). The second-order valence-electron chi connectivity index (χ2n) is 3.39. The minimum atomic E-state index is 0.264. The fraction of sp³-hybridized carbons (Fsp3) is 0. The van der Waals surface area contributed by atoms with Crippen LogP contribution in [0.25, 0.3) is 17.2 Å². The van der Waals surface area contributed by atoms with Gasteiger partial charge in [0.1, 0.15) is 0 Å². The Kier molecular flexibility index (Phi) is 2.19. The zero-order chi connectivity index (χ0) is 11.8. The monoisotopic (exact) mass is 247 g/mol. The first-order valence-corrected chi connectivity index (χ1v) is 5.22. The fourth-order valence-electron chi connectivity index (χ4n) is 1.65. The van der Waals surface area contributed by atoms with E-state index in [0.29, 0.717) is 22.9 Å². The number of hydrogen-bond donors (Lipinski definition) is 0. The molecule has 0 aliphatic rings. The summed E-state index contributed by atoms with van der Waals surface area (Å²) >= 11 is 5.71. The molecule has 0 saturated heterocycles. The van der Waals surface area contributed by atoms with Crippen molar-refractivity contribution < 1.29 is 9.21 Å². The molecule has 5 nitrogen and oxygen atoms in total. The smallest absolute Gasteiger partial charge is 0.204 e. The molecule has 0 atom stereocenters. The van der Waals surface area contributed by atoms with Crippen molar-refractivity contribution in [1.29, 1.82) is 0 Å². The van der Waals surface area contributed by atoms with Gasteiger partial charge in [-0.2, -0.15) is 0 Å². The maximum Gasteiger partial charge on any atom is 0.204 e. The second-order valence-corrected chi connectivity index (χ2v) is 3.76. The number of halogens is 1. The highest BCUT2D eigenvalue weighted by molar-refractivity contribution is 6.28. The highest BCUT2D eigenvalue weighted by Gasteiger charge is 2.13. The number of aromatic nitrogens is 3. The normalized spacial score (nSPS) is 10.9. The first kappa shape index (κ1) is 10.0. The molecule has 0 amide bonds. The molecular weight excluding hydrogens is 242 g/mol. The first-order valence-electron chi connectivity index (χ1n) is 4.84. The molecule has 0 fully saturated rings. The van der Waals surface area contributed by atoms with Crippen molar-refractivity contribution in [3.8, 4) is 11.6 Å². The average Bonchev–Trinajstić information content (AvgIpc) is 2.94. The van der Waals surface area contributed by atoms with Gasteiger partial charge in [0, 0.05) is 0 Å². The third-order valence-electron chi connectivity index (χ3n) is 2.37. The number of pyridine rings is 1. The van der Waals surface area contributed by atoms with Crippen molar-refractivity contribution in [2.24, 2.45) is 0 Å². The van der Waals surface area contributed by atoms with E-state index in [1.54, 1.807) is 34.7 Å².